The molecule has 1 atom stereocenters. The lowest BCUT2D eigenvalue weighted by Gasteiger charge is -2.28. The first-order valence-electron chi connectivity index (χ1n) is 8.62. The first-order chi connectivity index (χ1) is 12.5. The Hall–Kier alpha value is -2.59. The van der Waals surface area contributed by atoms with Crippen LogP contribution < -0.4 is 10.1 Å². The average molecular weight is 367 g/mol. The Morgan fingerprint density at radius 3 is 2.88 bits per heavy atom. The molecule has 5 heteroatoms. The van der Waals surface area contributed by atoms with E-state index in [0.29, 0.717) is 17.3 Å². The Morgan fingerprint density at radius 2 is 2.04 bits per heavy atom. The third-order valence-electron chi connectivity index (χ3n) is 4.70. The van der Waals surface area contributed by atoms with Crippen molar-refractivity contribution in [3.63, 3.8) is 0 Å². The van der Waals surface area contributed by atoms with E-state index in [1.165, 1.54) is 5.56 Å². The van der Waals surface area contributed by atoms with Crippen LogP contribution in [0, 0.1) is 13.8 Å². The van der Waals surface area contributed by atoms with Crippen LogP contribution in [0.3, 0.4) is 0 Å². The Balaban J connectivity index is 1.62. The molecule has 0 spiro atoms. The second-order valence-electron chi connectivity index (χ2n) is 6.70. The Labute approximate surface area is 157 Å². The number of benzene rings is 2. The standard InChI is InChI=1S/C21H19ClN2O2/c1-12-9-13(2)20-16(10-12)18(7-8-26-20)24-21(25)15-3-5-17-14(11-15)4-6-19(22)23-17/h3-6,9-11,18H,7-8H2,1-2H3,(H,24,25). The number of carbonyl (C=O) groups is 1. The van der Waals surface area contributed by atoms with Crippen molar-refractivity contribution in [2.45, 2.75) is 26.3 Å². The van der Waals surface area contributed by atoms with Crippen molar-refractivity contribution in [1.82, 2.24) is 10.3 Å². The van der Waals surface area contributed by atoms with E-state index in [2.05, 4.69) is 29.4 Å². The molecule has 1 unspecified atom stereocenters. The van der Waals surface area contributed by atoms with E-state index in [9.17, 15) is 4.79 Å². The van der Waals surface area contributed by atoms with Gasteiger partial charge in [0.1, 0.15) is 10.9 Å². The predicted molar refractivity (Wildman–Crippen MR) is 103 cm³/mol. The van der Waals surface area contributed by atoms with Gasteiger partial charge < -0.3 is 10.1 Å². The molecule has 1 aliphatic heterocycles. The molecule has 4 rings (SSSR count). The van der Waals surface area contributed by atoms with E-state index in [-0.39, 0.29) is 11.9 Å². The van der Waals surface area contributed by atoms with Gasteiger partial charge in [-0.25, -0.2) is 4.98 Å². The van der Waals surface area contributed by atoms with Gasteiger partial charge in [0.05, 0.1) is 18.2 Å². The van der Waals surface area contributed by atoms with E-state index >= 15 is 0 Å². The number of nitrogens with zero attached hydrogens (tertiary/aromatic N) is 1. The molecule has 0 bridgehead atoms. The molecule has 26 heavy (non-hydrogen) atoms. The first kappa shape index (κ1) is 16.9. The number of aromatic nitrogens is 1. The van der Waals surface area contributed by atoms with Gasteiger partial charge in [-0.15, -0.1) is 0 Å². The zero-order chi connectivity index (χ0) is 18.3. The van der Waals surface area contributed by atoms with Crippen molar-refractivity contribution < 1.29 is 9.53 Å². The highest BCUT2D eigenvalue weighted by molar-refractivity contribution is 6.29. The van der Waals surface area contributed by atoms with Crippen molar-refractivity contribution >= 4 is 28.4 Å². The molecule has 0 saturated heterocycles. The number of pyridine rings is 1. The minimum absolute atomic E-state index is 0.0520. The number of aryl methyl sites for hydroxylation is 2. The fourth-order valence-corrected chi connectivity index (χ4v) is 3.67. The zero-order valence-electron chi connectivity index (χ0n) is 14.7. The predicted octanol–water partition coefficient (Wildman–Crippen LogP) is 4.76. The van der Waals surface area contributed by atoms with Crippen LogP contribution in [0.15, 0.2) is 42.5 Å². The summed E-state index contributed by atoms with van der Waals surface area (Å²) in [6.45, 7) is 4.70. The van der Waals surface area contributed by atoms with Gasteiger partial charge in [0, 0.05) is 22.9 Å². The number of halogens is 1. The van der Waals surface area contributed by atoms with Crippen molar-refractivity contribution in [3.8, 4) is 5.75 Å². The molecule has 0 radical (unpaired) electrons. The molecule has 3 aromatic rings. The molecule has 0 aliphatic carbocycles. The fraction of sp³-hybridized carbons (Fsp3) is 0.238. The lowest BCUT2D eigenvalue weighted by atomic mass is 9.95. The van der Waals surface area contributed by atoms with Gasteiger partial charge in [-0.3, -0.25) is 4.79 Å². The highest BCUT2D eigenvalue weighted by Crippen LogP contribution is 2.35. The van der Waals surface area contributed by atoms with Gasteiger partial charge in [0.25, 0.3) is 5.91 Å². The monoisotopic (exact) mass is 366 g/mol. The molecule has 0 saturated carbocycles. The molecular formula is C21H19ClN2O2. The van der Waals surface area contributed by atoms with Crippen molar-refractivity contribution in [1.29, 1.82) is 0 Å². The number of rotatable bonds is 2. The maximum Gasteiger partial charge on any atom is 0.251 e. The molecular weight excluding hydrogens is 348 g/mol. The number of hydrogen-bond acceptors (Lipinski definition) is 3. The summed E-state index contributed by atoms with van der Waals surface area (Å²) < 4.78 is 5.82. The quantitative estimate of drug-likeness (QED) is 0.665. The summed E-state index contributed by atoms with van der Waals surface area (Å²) in [5, 5.41) is 4.49. The summed E-state index contributed by atoms with van der Waals surface area (Å²) in [6, 6.07) is 13.2. The molecule has 1 aliphatic rings. The maximum atomic E-state index is 12.8. The summed E-state index contributed by atoms with van der Waals surface area (Å²) in [5.41, 5.74) is 4.71. The van der Waals surface area contributed by atoms with Crippen LogP contribution in [0.25, 0.3) is 10.9 Å². The Bertz CT molecular complexity index is 1020. The van der Waals surface area contributed by atoms with Crippen LogP contribution in [-0.4, -0.2) is 17.5 Å². The number of hydrogen-bond donors (Lipinski definition) is 1. The average Bonchev–Trinajstić information content (AvgIpc) is 2.62. The van der Waals surface area contributed by atoms with Crippen molar-refractivity contribution in [2.24, 2.45) is 0 Å². The number of amides is 1. The number of nitrogens with one attached hydrogen (secondary N) is 1. The van der Waals surface area contributed by atoms with Crippen LogP contribution in [0.5, 0.6) is 5.75 Å². The highest BCUT2D eigenvalue weighted by atomic mass is 35.5. The normalized spacial score (nSPS) is 16.0. The van der Waals surface area contributed by atoms with Crippen LogP contribution in [-0.2, 0) is 0 Å². The summed E-state index contributed by atoms with van der Waals surface area (Å²) in [6.07, 6.45) is 0.756. The molecule has 1 amide bonds. The second-order valence-corrected chi connectivity index (χ2v) is 7.09. The Morgan fingerprint density at radius 1 is 1.19 bits per heavy atom. The lowest BCUT2D eigenvalue weighted by molar-refractivity contribution is 0.0924. The summed E-state index contributed by atoms with van der Waals surface area (Å²) >= 11 is 5.92. The molecule has 2 heterocycles. The van der Waals surface area contributed by atoms with Gasteiger partial charge in [0.2, 0.25) is 0 Å². The third kappa shape index (κ3) is 3.13. The van der Waals surface area contributed by atoms with Gasteiger partial charge in [-0.1, -0.05) is 29.3 Å². The van der Waals surface area contributed by atoms with Crippen LogP contribution in [0.4, 0.5) is 0 Å². The number of carbonyl (C=O) groups excluding carboxylic acids is 1. The van der Waals surface area contributed by atoms with Gasteiger partial charge in [-0.2, -0.15) is 0 Å². The first-order valence-corrected chi connectivity index (χ1v) is 9.00. The van der Waals surface area contributed by atoms with Crippen molar-refractivity contribution in [3.05, 3.63) is 69.9 Å². The SMILES string of the molecule is Cc1cc(C)c2c(c1)C(NC(=O)c1ccc3nc(Cl)ccc3c1)CCO2. The zero-order valence-corrected chi connectivity index (χ0v) is 15.4. The Kier molecular flexibility index (Phi) is 4.29. The minimum Gasteiger partial charge on any atom is -0.493 e. The smallest absolute Gasteiger partial charge is 0.251 e. The third-order valence-corrected chi connectivity index (χ3v) is 4.91. The van der Waals surface area contributed by atoms with Gasteiger partial charge >= 0.3 is 0 Å². The lowest BCUT2D eigenvalue weighted by Crippen LogP contribution is -2.32. The summed E-state index contributed by atoms with van der Waals surface area (Å²) in [4.78, 5) is 17.1. The molecule has 1 N–H and O–H groups in total. The van der Waals surface area contributed by atoms with E-state index in [1.54, 1.807) is 12.1 Å². The highest BCUT2D eigenvalue weighted by Gasteiger charge is 2.25. The molecule has 4 nitrogen and oxygen atoms in total. The maximum absolute atomic E-state index is 12.8. The van der Waals surface area contributed by atoms with Gasteiger partial charge in [0.15, 0.2) is 0 Å². The largest absolute Gasteiger partial charge is 0.493 e. The van der Waals surface area contributed by atoms with Crippen LogP contribution >= 0.6 is 11.6 Å². The van der Waals surface area contributed by atoms with E-state index in [1.807, 2.05) is 25.1 Å². The number of ether oxygens (including phenoxy) is 1. The van der Waals surface area contributed by atoms with E-state index < -0.39 is 0 Å². The van der Waals surface area contributed by atoms with Crippen molar-refractivity contribution in [2.75, 3.05) is 6.61 Å². The fourth-order valence-electron chi connectivity index (χ4n) is 3.51. The molecule has 2 aromatic carbocycles. The van der Waals surface area contributed by atoms with E-state index in [0.717, 1.165) is 34.2 Å². The van der Waals surface area contributed by atoms with Crippen LogP contribution in [0.2, 0.25) is 5.15 Å². The summed E-state index contributed by atoms with van der Waals surface area (Å²) in [5.74, 6) is 0.795. The molecule has 1 aromatic heterocycles. The van der Waals surface area contributed by atoms with Crippen LogP contribution in [0.1, 0.15) is 39.5 Å². The molecule has 0 fully saturated rings. The minimum atomic E-state index is -0.0983. The molecule has 132 valence electrons. The second kappa shape index (κ2) is 6.61. The van der Waals surface area contributed by atoms with Gasteiger partial charge in [-0.05, 0) is 49.7 Å². The number of fused-ring (bicyclic) bond motifs is 2. The topological polar surface area (TPSA) is 51.2 Å². The van der Waals surface area contributed by atoms with E-state index in [4.69, 9.17) is 16.3 Å². The summed E-state index contributed by atoms with van der Waals surface area (Å²) in [7, 11) is 0.